The summed E-state index contributed by atoms with van der Waals surface area (Å²) >= 11 is 12.6. The Kier molecular flexibility index (Phi) is 4.87. The van der Waals surface area contributed by atoms with Crippen LogP contribution >= 0.6 is 43.5 Å². The summed E-state index contributed by atoms with van der Waals surface area (Å²) in [5, 5.41) is 3.90. The Balaban J connectivity index is 2.19. The van der Waals surface area contributed by atoms with Gasteiger partial charge in [0.2, 0.25) is 0 Å². The highest BCUT2D eigenvalue weighted by molar-refractivity contribution is 9.10. The van der Waals surface area contributed by atoms with Gasteiger partial charge in [0.05, 0.1) is 4.47 Å². The van der Waals surface area contributed by atoms with Crippen molar-refractivity contribution in [1.82, 2.24) is 0 Å². The summed E-state index contributed by atoms with van der Waals surface area (Å²) in [5.41, 5.74) is 2.77. The molecule has 0 spiro atoms. The van der Waals surface area contributed by atoms with Gasteiger partial charge in [-0.2, -0.15) is 0 Å². The maximum absolute atomic E-state index is 13.5. The van der Waals surface area contributed by atoms with Crippen molar-refractivity contribution in [2.75, 3.05) is 5.32 Å². The maximum atomic E-state index is 13.5. The molecule has 2 aromatic rings. The first kappa shape index (κ1) is 14.8. The van der Waals surface area contributed by atoms with Crippen molar-refractivity contribution in [2.45, 2.75) is 13.5 Å². The molecule has 0 fully saturated rings. The summed E-state index contributed by atoms with van der Waals surface area (Å²) in [5.74, 6) is -0.279. The second kappa shape index (κ2) is 6.25. The number of nitrogens with one attached hydrogen (secondary N) is 1. The van der Waals surface area contributed by atoms with Crippen LogP contribution < -0.4 is 5.32 Å². The summed E-state index contributed by atoms with van der Waals surface area (Å²) < 4.78 is 15.0. The first-order chi connectivity index (χ1) is 8.97. The van der Waals surface area contributed by atoms with Gasteiger partial charge in [-0.15, -0.1) is 0 Å². The normalized spacial score (nSPS) is 10.6. The summed E-state index contributed by atoms with van der Waals surface area (Å²) in [4.78, 5) is 0. The van der Waals surface area contributed by atoms with E-state index >= 15 is 0 Å². The van der Waals surface area contributed by atoms with Crippen LogP contribution in [0.25, 0.3) is 0 Å². The molecule has 0 atom stereocenters. The third-order valence-electron chi connectivity index (χ3n) is 2.74. The van der Waals surface area contributed by atoms with Crippen molar-refractivity contribution in [2.24, 2.45) is 0 Å². The molecule has 1 nitrogen and oxygen atoms in total. The lowest BCUT2D eigenvalue weighted by atomic mass is 10.1. The van der Waals surface area contributed by atoms with Crippen LogP contribution in [0.15, 0.2) is 39.3 Å². The van der Waals surface area contributed by atoms with Crippen LogP contribution in [0.2, 0.25) is 5.02 Å². The van der Waals surface area contributed by atoms with Crippen molar-refractivity contribution in [3.05, 3.63) is 61.2 Å². The molecule has 100 valence electrons. The number of anilines is 1. The summed E-state index contributed by atoms with van der Waals surface area (Å²) in [6, 6.07) is 8.83. The molecule has 0 saturated heterocycles. The third-order valence-corrected chi connectivity index (χ3v) is 4.36. The Morgan fingerprint density at radius 2 is 1.89 bits per heavy atom. The minimum Gasteiger partial charge on any atom is -0.381 e. The topological polar surface area (TPSA) is 12.0 Å². The Morgan fingerprint density at radius 1 is 1.16 bits per heavy atom. The van der Waals surface area contributed by atoms with E-state index in [2.05, 4.69) is 37.2 Å². The smallest absolute Gasteiger partial charge is 0.139 e. The molecule has 2 rings (SSSR count). The van der Waals surface area contributed by atoms with Crippen LogP contribution in [0.5, 0.6) is 0 Å². The van der Waals surface area contributed by atoms with E-state index in [1.54, 1.807) is 6.07 Å². The highest BCUT2D eigenvalue weighted by Gasteiger charge is 2.06. The van der Waals surface area contributed by atoms with Gasteiger partial charge in [0.15, 0.2) is 0 Å². The van der Waals surface area contributed by atoms with Gasteiger partial charge in [0, 0.05) is 21.7 Å². The van der Waals surface area contributed by atoms with Crippen molar-refractivity contribution >= 4 is 49.1 Å². The van der Waals surface area contributed by atoms with E-state index in [9.17, 15) is 4.39 Å². The van der Waals surface area contributed by atoms with Crippen molar-refractivity contribution < 1.29 is 4.39 Å². The Hall–Kier alpha value is -0.580. The van der Waals surface area contributed by atoms with Gasteiger partial charge in [-0.05, 0) is 64.3 Å². The number of halogens is 4. The number of aryl methyl sites for hydroxylation is 1. The van der Waals surface area contributed by atoms with E-state index in [1.165, 1.54) is 6.07 Å². The molecule has 0 bridgehead atoms. The lowest BCUT2D eigenvalue weighted by Crippen LogP contribution is -2.02. The van der Waals surface area contributed by atoms with Crippen LogP contribution in [0.1, 0.15) is 11.1 Å². The van der Waals surface area contributed by atoms with Crippen molar-refractivity contribution in [1.29, 1.82) is 0 Å². The van der Waals surface area contributed by atoms with Crippen LogP contribution in [-0.4, -0.2) is 0 Å². The standard InChI is InChI=1S/C14H11Br2ClFN/c1-8-4-12(16)13(18)6-14(8)19-7-9-5-10(17)2-3-11(9)15/h2-6,19H,7H2,1H3. The fraction of sp³-hybridized carbons (Fsp3) is 0.143. The molecule has 0 heterocycles. The molecule has 0 unspecified atom stereocenters. The van der Waals surface area contributed by atoms with Crippen LogP contribution in [0, 0.1) is 12.7 Å². The highest BCUT2D eigenvalue weighted by Crippen LogP contribution is 2.26. The van der Waals surface area contributed by atoms with Crippen molar-refractivity contribution in [3.8, 4) is 0 Å². The fourth-order valence-corrected chi connectivity index (χ4v) is 2.75. The molecule has 0 radical (unpaired) electrons. The molecule has 19 heavy (non-hydrogen) atoms. The third kappa shape index (κ3) is 3.71. The molecule has 0 saturated carbocycles. The predicted octanol–water partition coefficient (Wildman–Crippen LogP) is 5.92. The van der Waals surface area contributed by atoms with E-state index < -0.39 is 0 Å². The first-order valence-electron chi connectivity index (χ1n) is 5.61. The Labute approximate surface area is 133 Å². The van der Waals surface area contributed by atoms with Gasteiger partial charge in [0.25, 0.3) is 0 Å². The SMILES string of the molecule is Cc1cc(Br)c(F)cc1NCc1cc(Cl)ccc1Br. The largest absolute Gasteiger partial charge is 0.381 e. The lowest BCUT2D eigenvalue weighted by Gasteiger charge is -2.12. The Morgan fingerprint density at radius 3 is 2.63 bits per heavy atom. The predicted molar refractivity (Wildman–Crippen MR) is 85.3 cm³/mol. The van der Waals surface area contributed by atoms with Gasteiger partial charge in [-0.25, -0.2) is 4.39 Å². The summed E-state index contributed by atoms with van der Waals surface area (Å²) in [6.07, 6.45) is 0. The van der Waals surface area contributed by atoms with E-state index in [-0.39, 0.29) is 5.82 Å². The fourth-order valence-electron chi connectivity index (χ4n) is 1.71. The molecule has 0 aromatic heterocycles. The molecule has 0 aliphatic heterocycles. The van der Waals surface area contributed by atoms with Crippen LogP contribution in [-0.2, 0) is 6.54 Å². The average Bonchev–Trinajstić information content (AvgIpc) is 2.36. The van der Waals surface area contributed by atoms with Crippen molar-refractivity contribution in [3.63, 3.8) is 0 Å². The van der Waals surface area contributed by atoms with Gasteiger partial charge >= 0.3 is 0 Å². The lowest BCUT2D eigenvalue weighted by molar-refractivity contribution is 0.621. The van der Waals surface area contributed by atoms with Gasteiger partial charge in [-0.3, -0.25) is 0 Å². The molecular formula is C14H11Br2ClFN. The second-order valence-corrected chi connectivity index (χ2v) is 6.32. The van der Waals surface area contributed by atoms with Crippen LogP contribution in [0.4, 0.5) is 10.1 Å². The van der Waals surface area contributed by atoms with E-state index in [4.69, 9.17) is 11.6 Å². The summed E-state index contributed by atoms with van der Waals surface area (Å²) in [7, 11) is 0. The monoisotopic (exact) mass is 405 g/mol. The van der Waals surface area contributed by atoms with Gasteiger partial charge in [0.1, 0.15) is 5.82 Å². The molecule has 2 aromatic carbocycles. The van der Waals surface area contributed by atoms with Crippen LogP contribution in [0.3, 0.4) is 0 Å². The second-order valence-electron chi connectivity index (χ2n) is 4.17. The minimum atomic E-state index is -0.279. The molecule has 1 N–H and O–H groups in total. The number of hydrogen-bond acceptors (Lipinski definition) is 1. The first-order valence-corrected chi connectivity index (χ1v) is 7.57. The minimum absolute atomic E-state index is 0.279. The molecule has 0 aliphatic carbocycles. The Bertz CT molecular complexity index is 617. The number of benzene rings is 2. The van der Waals surface area contributed by atoms with Gasteiger partial charge < -0.3 is 5.32 Å². The maximum Gasteiger partial charge on any atom is 0.139 e. The number of hydrogen-bond donors (Lipinski definition) is 1. The number of rotatable bonds is 3. The molecular weight excluding hydrogens is 396 g/mol. The molecule has 0 aliphatic rings. The summed E-state index contributed by atoms with van der Waals surface area (Å²) in [6.45, 7) is 2.50. The molecule has 0 amide bonds. The highest BCUT2D eigenvalue weighted by atomic mass is 79.9. The average molecular weight is 408 g/mol. The van der Waals surface area contributed by atoms with E-state index in [0.717, 1.165) is 21.3 Å². The zero-order valence-corrected chi connectivity index (χ0v) is 14.0. The quantitative estimate of drug-likeness (QED) is 0.665. The zero-order valence-electron chi connectivity index (χ0n) is 10.1. The van der Waals surface area contributed by atoms with E-state index in [1.807, 2.05) is 25.1 Å². The zero-order chi connectivity index (χ0) is 14.0. The molecule has 5 heteroatoms. The van der Waals surface area contributed by atoms with Gasteiger partial charge in [-0.1, -0.05) is 27.5 Å². The van der Waals surface area contributed by atoms with E-state index in [0.29, 0.717) is 16.0 Å².